The van der Waals surface area contributed by atoms with Gasteiger partial charge in [-0.05, 0) is 25.8 Å². The molecule has 7 heteroatoms. The van der Waals surface area contributed by atoms with Crippen molar-refractivity contribution in [2.24, 2.45) is 0 Å². The molecule has 1 fully saturated rings. The Hall–Kier alpha value is -2.18. The molecule has 96 valence electrons. The molecule has 18 heavy (non-hydrogen) atoms. The number of rotatable bonds is 3. The van der Waals surface area contributed by atoms with E-state index in [-0.39, 0.29) is 23.2 Å². The fourth-order valence-electron chi connectivity index (χ4n) is 2.16. The minimum absolute atomic E-state index is 0.139. The van der Waals surface area contributed by atoms with E-state index in [1.54, 1.807) is 4.90 Å². The van der Waals surface area contributed by atoms with Crippen LogP contribution in [0.3, 0.4) is 0 Å². The molecule has 7 nitrogen and oxygen atoms in total. The molecule has 0 spiro atoms. The van der Waals surface area contributed by atoms with Gasteiger partial charge in [0.2, 0.25) is 5.82 Å². The summed E-state index contributed by atoms with van der Waals surface area (Å²) >= 11 is 0. The highest BCUT2D eigenvalue weighted by atomic mass is 16.6. The van der Waals surface area contributed by atoms with Gasteiger partial charge < -0.3 is 10.0 Å². The van der Waals surface area contributed by atoms with Crippen molar-refractivity contribution in [3.05, 3.63) is 27.9 Å². The van der Waals surface area contributed by atoms with Gasteiger partial charge in [0.15, 0.2) is 5.69 Å². The number of carboxylic acid groups (broad SMARTS) is 1. The van der Waals surface area contributed by atoms with E-state index in [1.807, 2.05) is 6.92 Å². The summed E-state index contributed by atoms with van der Waals surface area (Å²) in [5, 5.41) is 19.9. The van der Waals surface area contributed by atoms with E-state index < -0.39 is 10.9 Å². The van der Waals surface area contributed by atoms with Crippen molar-refractivity contribution in [2.45, 2.75) is 25.8 Å². The SMILES string of the molecule is CC1CCCN1c1nc(C(=O)O)ccc1[N+](=O)[O-]. The molecule has 0 aliphatic carbocycles. The molecule has 0 saturated carbocycles. The summed E-state index contributed by atoms with van der Waals surface area (Å²) in [6.45, 7) is 2.62. The number of carbonyl (C=O) groups is 1. The van der Waals surface area contributed by atoms with E-state index in [4.69, 9.17) is 5.11 Å². The van der Waals surface area contributed by atoms with Gasteiger partial charge in [0.25, 0.3) is 0 Å². The lowest BCUT2D eigenvalue weighted by molar-refractivity contribution is -0.384. The second-order valence-corrected chi connectivity index (χ2v) is 4.29. The van der Waals surface area contributed by atoms with E-state index >= 15 is 0 Å². The summed E-state index contributed by atoms with van der Waals surface area (Å²) < 4.78 is 0. The Balaban J connectivity index is 2.50. The van der Waals surface area contributed by atoms with Crippen molar-refractivity contribution in [3.8, 4) is 0 Å². The number of aromatic carboxylic acids is 1. The quantitative estimate of drug-likeness (QED) is 0.648. The maximum Gasteiger partial charge on any atom is 0.354 e. The number of hydrogen-bond acceptors (Lipinski definition) is 5. The second kappa shape index (κ2) is 4.59. The van der Waals surface area contributed by atoms with Crippen molar-refractivity contribution in [3.63, 3.8) is 0 Å². The largest absolute Gasteiger partial charge is 0.477 e. The summed E-state index contributed by atoms with van der Waals surface area (Å²) in [6, 6.07) is 2.50. The highest BCUT2D eigenvalue weighted by Crippen LogP contribution is 2.31. The van der Waals surface area contributed by atoms with E-state index in [9.17, 15) is 14.9 Å². The van der Waals surface area contributed by atoms with Gasteiger partial charge >= 0.3 is 11.7 Å². The smallest absolute Gasteiger partial charge is 0.354 e. The minimum Gasteiger partial charge on any atom is -0.477 e. The first-order chi connectivity index (χ1) is 8.50. The van der Waals surface area contributed by atoms with Crippen LogP contribution in [0.5, 0.6) is 0 Å². The third-order valence-electron chi connectivity index (χ3n) is 3.10. The summed E-state index contributed by atoms with van der Waals surface area (Å²) in [5.74, 6) is -1.03. The van der Waals surface area contributed by atoms with Crippen LogP contribution in [0.2, 0.25) is 0 Å². The van der Waals surface area contributed by atoms with Gasteiger partial charge in [0.1, 0.15) is 0 Å². The van der Waals surface area contributed by atoms with Crippen molar-refractivity contribution < 1.29 is 14.8 Å². The van der Waals surface area contributed by atoms with Crippen LogP contribution < -0.4 is 4.90 Å². The van der Waals surface area contributed by atoms with Gasteiger partial charge in [-0.15, -0.1) is 0 Å². The Morgan fingerprint density at radius 3 is 2.83 bits per heavy atom. The van der Waals surface area contributed by atoms with Crippen LogP contribution in [0.1, 0.15) is 30.3 Å². The van der Waals surface area contributed by atoms with Gasteiger partial charge in [-0.25, -0.2) is 9.78 Å². The number of hydrogen-bond donors (Lipinski definition) is 1. The Bertz CT molecular complexity index is 503. The highest BCUT2D eigenvalue weighted by Gasteiger charge is 2.29. The van der Waals surface area contributed by atoms with Crippen LogP contribution in [0.25, 0.3) is 0 Å². The number of nitrogens with zero attached hydrogens (tertiary/aromatic N) is 3. The number of nitro groups is 1. The highest BCUT2D eigenvalue weighted by molar-refractivity contribution is 5.86. The monoisotopic (exact) mass is 251 g/mol. The molecular weight excluding hydrogens is 238 g/mol. The molecule has 1 aromatic rings. The zero-order valence-corrected chi connectivity index (χ0v) is 9.87. The first kappa shape index (κ1) is 12.3. The lowest BCUT2D eigenvalue weighted by atomic mass is 10.2. The van der Waals surface area contributed by atoms with Crippen molar-refractivity contribution in [1.29, 1.82) is 0 Å². The number of aromatic nitrogens is 1. The Labute approximate surface area is 103 Å². The molecule has 1 unspecified atom stereocenters. The maximum absolute atomic E-state index is 11.0. The summed E-state index contributed by atoms with van der Waals surface area (Å²) in [6.07, 6.45) is 1.85. The zero-order valence-electron chi connectivity index (χ0n) is 9.87. The molecule has 2 heterocycles. The van der Waals surface area contributed by atoms with E-state index in [2.05, 4.69) is 4.98 Å². The molecule has 0 amide bonds. The molecule has 0 aromatic carbocycles. The van der Waals surface area contributed by atoms with Crippen molar-refractivity contribution >= 4 is 17.5 Å². The fraction of sp³-hybridized carbons (Fsp3) is 0.455. The average Bonchev–Trinajstić information content (AvgIpc) is 2.74. The van der Waals surface area contributed by atoms with Crippen LogP contribution in [-0.2, 0) is 0 Å². The second-order valence-electron chi connectivity index (χ2n) is 4.29. The van der Waals surface area contributed by atoms with E-state index in [0.717, 1.165) is 18.9 Å². The molecule has 1 aromatic heterocycles. The number of anilines is 1. The predicted octanol–water partition coefficient (Wildman–Crippen LogP) is 1.68. The van der Waals surface area contributed by atoms with Crippen molar-refractivity contribution in [1.82, 2.24) is 4.98 Å². The molecule has 1 aliphatic rings. The molecular formula is C11H13N3O4. The summed E-state index contributed by atoms with van der Waals surface area (Å²) in [4.78, 5) is 27.0. The normalized spacial score (nSPS) is 18.9. The third kappa shape index (κ3) is 2.11. The maximum atomic E-state index is 11.0. The molecule has 0 bridgehead atoms. The minimum atomic E-state index is -1.18. The molecule has 1 aliphatic heterocycles. The Morgan fingerprint density at radius 1 is 1.61 bits per heavy atom. The third-order valence-corrected chi connectivity index (χ3v) is 3.10. The zero-order chi connectivity index (χ0) is 13.3. The van der Waals surface area contributed by atoms with Crippen LogP contribution in [-0.4, -0.2) is 33.6 Å². The lowest BCUT2D eigenvalue weighted by Gasteiger charge is -2.22. The standard InChI is InChI=1S/C11H13N3O4/c1-7-3-2-6-13(7)10-9(14(17)18)5-4-8(12-10)11(15)16/h4-5,7H,2-3,6H2,1H3,(H,15,16). The summed E-state index contributed by atoms with van der Waals surface area (Å²) in [5.41, 5.74) is -0.316. The average molecular weight is 251 g/mol. The van der Waals surface area contributed by atoms with Gasteiger partial charge in [-0.1, -0.05) is 0 Å². The van der Waals surface area contributed by atoms with Crippen molar-refractivity contribution in [2.75, 3.05) is 11.4 Å². The molecule has 1 atom stereocenters. The summed E-state index contributed by atoms with van der Waals surface area (Å²) in [7, 11) is 0. The number of pyridine rings is 1. The predicted molar refractivity (Wildman–Crippen MR) is 63.9 cm³/mol. The Morgan fingerprint density at radius 2 is 2.33 bits per heavy atom. The Kier molecular flexibility index (Phi) is 3.14. The fourth-order valence-corrected chi connectivity index (χ4v) is 2.16. The van der Waals surface area contributed by atoms with Gasteiger partial charge in [-0.2, -0.15) is 0 Å². The van der Waals surface area contributed by atoms with Crippen LogP contribution >= 0.6 is 0 Å². The molecule has 0 radical (unpaired) electrons. The van der Waals surface area contributed by atoms with Gasteiger partial charge in [0.05, 0.1) is 4.92 Å². The van der Waals surface area contributed by atoms with E-state index in [0.29, 0.717) is 6.54 Å². The van der Waals surface area contributed by atoms with Crippen LogP contribution in [0.15, 0.2) is 12.1 Å². The molecule has 2 rings (SSSR count). The van der Waals surface area contributed by atoms with Crippen LogP contribution in [0.4, 0.5) is 11.5 Å². The van der Waals surface area contributed by atoms with Crippen LogP contribution in [0, 0.1) is 10.1 Å². The lowest BCUT2D eigenvalue weighted by Crippen LogP contribution is -2.28. The molecule has 1 N–H and O–H groups in total. The molecule has 1 saturated heterocycles. The first-order valence-corrected chi connectivity index (χ1v) is 5.66. The van der Waals surface area contributed by atoms with Gasteiger partial charge in [-0.3, -0.25) is 10.1 Å². The van der Waals surface area contributed by atoms with E-state index in [1.165, 1.54) is 6.07 Å². The topological polar surface area (TPSA) is 96.6 Å². The number of carboxylic acids is 1. The van der Waals surface area contributed by atoms with Gasteiger partial charge in [0, 0.05) is 18.7 Å². The first-order valence-electron chi connectivity index (χ1n) is 5.66.